The zero-order chi connectivity index (χ0) is 20.4. The molecule has 0 saturated carbocycles. The third-order valence-electron chi connectivity index (χ3n) is 4.45. The number of nitrogens with zero attached hydrogens (tertiary/aromatic N) is 3. The molecule has 150 valence electrons. The molecular weight excluding hydrogens is 398 g/mol. The molecule has 2 aliphatic rings. The quantitative estimate of drug-likeness (QED) is 0.426. The fourth-order valence-electron chi connectivity index (χ4n) is 2.99. The van der Waals surface area contributed by atoms with Crippen molar-refractivity contribution in [1.29, 1.82) is 0 Å². The number of nitro groups is 1. The van der Waals surface area contributed by atoms with E-state index >= 15 is 0 Å². The third-order valence-corrected chi connectivity index (χ3v) is 5.50. The van der Waals surface area contributed by atoms with Gasteiger partial charge in [-0.05, 0) is 30.0 Å². The topological polar surface area (TPSA) is 107 Å². The standard InChI is InChI=1S/C19H17N3O6S/c1-26-16-10-12(22(24)25)2-4-14(16)15-5-3-13(28-15)11-17-18(23)20-19(29-17)21-6-8-27-9-7-21/h2-5,10-11H,6-9H2,1H3/b17-11+. The number of nitro benzene ring substituents is 1. The summed E-state index contributed by atoms with van der Waals surface area (Å²) in [5.74, 6) is 0.988. The molecule has 0 radical (unpaired) electrons. The first-order valence-corrected chi connectivity index (χ1v) is 9.64. The Hall–Kier alpha value is -3.11. The van der Waals surface area contributed by atoms with Gasteiger partial charge in [0, 0.05) is 25.2 Å². The van der Waals surface area contributed by atoms with Crippen molar-refractivity contribution in [2.75, 3.05) is 33.4 Å². The first kappa shape index (κ1) is 19.2. The molecule has 1 aromatic heterocycles. The second-order valence-corrected chi connectivity index (χ2v) is 7.26. The van der Waals surface area contributed by atoms with Crippen LogP contribution in [0.15, 0.2) is 44.6 Å². The Morgan fingerprint density at radius 2 is 2.07 bits per heavy atom. The highest BCUT2D eigenvalue weighted by molar-refractivity contribution is 8.18. The minimum Gasteiger partial charge on any atom is -0.496 e. The van der Waals surface area contributed by atoms with Gasteiger partial charge in [-0.2, -0.15) is 4.99 Å². The normalized spacial score (nSPS) is 18.2. The van der Waals surface area contributed by atoms with E-state index in [-0.39, 0.29) is 11.6 Å². The monoisotopic (exact) mass is 415 g/mol. The summed E-state index contributed by atoms with van der Waals surface area (Å²) in [6.45, 7) is 2.64. The van der Waals surface area contributed by atoms with Gasteiger partial charge in [0.25, 0.3) is 11.6 Å². The molecule has 1 amide bonds. The average Bonchev–Trinajstić information content (AvgIpc) is 3.35. The Morgan fingerprint density at radius 1 is 1.28 bits per heavy atom. The van der Waals surface area contributed by atoms with E-state index in [9.17, 15) is 14.9 Å². The first-order valence-electron chi connectivity index (χ1n) is 8.83. The number of amides is 1. The maximum atomic E-state index is 12.3. The van der Waals surface area contributed by atoms with Gasteiger partial charge >= 0.3 is 0 Å². The Balaban J connectivity index is 1.54. The molecule has 0 aliphatic carbocycles. The zero-order valence-corrected chi connectivity index (χ0v) is 16.3. The summed E-state index contributed by atoms with van der Waals surface area (Å²) in [6, 6.07) is 7.75. The van der Waals surface area contributed by atoms with Crippen LogP contribution in [0.1, 0.15) is 5.76 Å². The number of non-ortho nitro benzene ring substituents is 1. The number of amidine groups is 1. The lowest BCUT2D eigenvalue weighted by molar-refractivity contribution is -0.384. The molecule has 9 nitrogen and oxygen atoms in total. The number of hydrogen-bond donors (Lipinski definition) is 0. The zero-order valence-electron chi connectivity index (χ0n) is 15.5. The van der Waals surface area contributed by atoms with Gasteiger partial charge in [0.1, 0.15) is 17.3 Å². The first-order chi connectivity index (χ1) is 14.0. The number of ether oxygens (including phenoxy) is 2. The number of rotatable bonds is 4. The van der Waals surface area contributed by atoms with E-state index in [1.54, 1.807) is 24.3 Å². The molecule has 0 spiro atoms. The summed E-state index contributed by atoms with van der Waals surface area (Å²) < 4.78 is 16.4. The number of carbonyl (C=O) groups is 1. The molecule has 0 unspecified atom stereocenters. The number of carbonyl (C=O) groups excluding carboxylic acids is 1. The van der Waals surface area contributed by atoms with Crippen LogP contribution < -0.4 is 4.74 Å². The van der Waals surface area contributed by atoms with E-state index in [1.165, 1.54) is 31.0 Å². The molecule has 2 aromatic rings. The van der Waals surface area contributed by atoms with Crippen LogP contribution in [0.25, 0.3) is 17.4 Å². The summed E-state index contributed by atoms with van der Waals surface area (Å²) in [5.41, 5.74) is 0.513. The molecule has 1 saturated heterocycles. The molecule has 10 heteroatoms. The van der Waals surface area contributed by atoms with Crippen LogP contribution >= 0.6 is 11.8 Å². The number of thioether (sulfide) groups is 1. The second-order valence-electron chi connectivity index (χ2n) is 6.25. The maximum absolute atomic E-state index is 12.3. The number of methoxy groups -OCH3 is 1. The summed E-state index contributed by atoms with van der Waals surface area (Å²) in [5, 5.41) is 11.6. The molecular formula is C19H17N3O6S. The highest BCUT2D eigenvalue weighted by Gasteiger charge is 2.27. The maximum Gasteiger partial charge on any atom is 0.286 e. The molecule has 0 bridgehead atoms. The molecule has 3 heterocycles. The van der Waals surface area contributed by atoms with Crippen LogP contribution in [-0.2, 0) is 9.53 Å². The van der Waals surface area contributed by atoms with Crippen molar-refractivity contribution in [3.63, 3.8) is 0 Å². The van der Waals surface area contributed by atoms with Crippen LogP contribution in [-0.4, -0.2) is 54.3 Å². The largest absolute Gasteiger partial charge is 0.496 e. The third kappa shape index (κ3) is 4.03. The van der Waals surface area contributed by atoms with E-state index in [4.69, 9.17) is 13.9 Å². The predicted molar refractivity (Wildman–Crippen MR) is 108 cm³/mol. The fourth-order valence-corrected chi connectivity index (χ4v) is 3.93. The SMILES string of the molecule is COc1cc([N+](=O)[O-])ccc1-c1ccc(/C=C2/SC(N3CCOCC3)=NC2=O)o1. The van der Waals surface area contributed by atoms with Crippen LogP contribution in [0.5, 0.6) is 5.75 Å². The van der Waals surface area contributed by atoms with E-state index in [0.717, 1.165) is 0 Å². The number of benzene rings is 1. The lowest BCUT2D eigenvalue weighted by Gasteiger charge is -2.27. The van der Waals surface area contributed by atoms with Crippen molar-refractivity contribution in [2.24, 2.45) is 4.99 Å². The molecule has 0 atom stereocenters. The van der Waals surface area contributed by atoms with Gasteiger partial charge < -0.3 is 18.8 Å². The molecule has 4 rings (SSSR count). The molecule has 29 heavy (non-hydrogen) atoms. The van der Waals surface area contributed by atoms with E-state index in [2.05, 4.69) is 4.99 Å². The summed E-state index contributed by atoms with van der Waals surface area (Å²) >= 11 is 1.31. The van der Waals surface area contributed by atoms with Crippen LogP contribution in [0, 0.1) is 10.1 Å². The van der Waals surface area contributed by atoms with Crippen molar-refractivity contribution in [2.45, 2.75) is 0 Å². The fraction of sp³-hybridized carbons (Fsp3) is 0.263. The van der Waals surface area contributed by atoms with Crippen molar-refractivity contribution >= 4 is 34.6 Å². The Kier molecular flexibility index (Phi) is 5.36. The minimum absolute atomic E-state index is 0.0692. The highest BCUT2D eigenvalue weighted by atomic mass is 32.2. The van der Waals surface area contributed by atoms with Crippen LogP contribution in [0.3, 0.4) is 0 Å². The number of morpholine rings is 1. The van der Waals surface area contributed by atoms with Crippen LogP contribution in [0.2, 0.25) is 0 Å². The van der Waals surface area contributed by atoms with Crippen molar-refractivity contribution in [1.82, 2.24) is 4.90 Å². The number of hydrogen-bond acceptors (Lipinski definition) is 8. The average molecular weight is 415 g/mol. The van der Waals surface area contributed by atoms with Gasteiger partial charge in [-0.25, -0.2) is 0 Å². The molecule has 1 aromatic carbocycles. The van der Waals surface area contributed by atoms with Gasteiger partial charge in [-0.3, -0.25) is 14.9 Å². The van der Waals surface area contributed by atoms with Gasteiger partial charge in [-0.1, -0.05) is 0 Å². The van der Waals surface area contributed by atoms with Gasteiger partial charge in [-0.15, -0.1) is 0 Å². The Labute approximate surface area is 170 Å². The highest BCUT2D eigenvalue weighted by Crippen LogP contribution is 2.36. The smallest absolute Gasteiger partial charge is 0.286 e. The van der Waals surface area contributed by atoms with E-state index < -0.39 is 4.92 Å². The summed E-state index contributed by atoms with van der Waals surface area (Å²) in [7, 11) is 1.44. The summed E-state index contributed by atoms with van der Waals surface area (Å²) in [6.07, 6.45) is 1.64. The predicted octanol–water partition coefficient (Wildman–Crippen LogP) is 3.17. The molecule has 2 aliphatic heterocycles. The van der Waals surface area contributed by atoms with Gasteiger partial charge in [0.2, 0.25) is 0 Å². The Morgan fingerprint density at radius 3 is 2.79 bits per heavy atom. The van der Waals surface area contributed by atoms with E-state index in [0.29, 0.717) is 59.2 Å². The van der Waals surface area contributed by atoms with Gasteiger partial charge in [0.05, 0.1) is 41.8 Å². The lowest BCUT2D eigenvalue weighted by atomic mass is 10.1. The van der Waals surface area contributed by atoms with Crippen molar-refractivity contribution < 1.29 is 23.6 Å². The van der Waals surface area contributed by atoms with Crippen molar-refractivity contribution in [3.8, 4) is 17.1 Å². The van der Waals surface area contributed by atoms with E-state index in [1.807, 2.05) is 4.90 Å². The Bertz CT molecular complexity index is 1020. The molecule has 0 N–H and O–H groups in total. The lowest BCUT2D eigenvalue weighted by Crippen LogP contribution is -2.38. The summed E-state index contributed by atoms with van der Waals surface area (Å²) in [4.78, 5) is 29.3. The minimum atomic E-state index is -0.487. The van der Waals surface area contributed by atoms with Crippen LogP contribution in [0.4, 0.5) is 5.69 Å². The number of aliphatic imine (C=N–C) groups is 1. The number of furan rings is 1. The van der Waals surface area contributed by atoms with Gasteiger partial charge in [0.15, 0.2) is 5.17 Å². The second kappa shape index (κ2) is 8.10. The van der Waals surface area contributed by atoms with Crippen molar-refractivity contribution in [3.05, 3.63) is 51.1 Å². The molecule has 1 fully saturated rings.